The van der Waals surface area contributed by atoms with E-state index < -0.39 is 24.0 Å². The van der Waals surface area contributed by atoms with E-state index in [0.29, 0.717) is 18.7 Å². The van der Waals surface area contributed by atoms with E-state index in [2.05, 4.69) is 25.3 Å². The number of nitrogens with zero attached hydrogens (tertiary/aromatic N) is 1. The number of hydrogen-bond acceptors (Lipinski definition) is 8. The summed E-state index contributed by atoms with van der Waals surface area (Å²) < 4.78 is 4.63. The standard InChI is InChI=1S/C16H25N5O5S/c1-10(22)20-13(15(24)26-2)8-27-16(25)12(6-11-7-18-9-19-11)21-14(23)4-3-5-17/h7,9,12-13H,3-6,8,17H2,1-2H3,(H,18,19)(H,20,22)(H,21,23). The molecule has 5 N–H and O–H groups in total. The molecule has 1 rings (SSSR count). The maximum atomic E-state index is 12.6. The average molecular weight is 399 g/mol. The zero-order valence-electron chi connectivity index (χ0n) is 15.3. The summed E-state index contributed by atoms with van der Waals surface area (Å²) in [7, 11) is 1.20. The smallest absolute Gasteiger partial charge is 0.329 e. The molecule has 0 saturated heterocycles. The number of hydrogen-bond donors (Lipinski definition) is 4. The second kappa shape index (κ2) is 12.1. The van der Waals surface area contributed by atoms with Crippen molar-refractivity contribution in [1.29, 1.82) is 0 Å². The Labute approximate surface area is 161 Å². The maximum absolute atomic E-state index is 12.6. The van der Waals surface area contributed by atoms with E-state index in [1.165, 1.54) is 20.4 Å². The van der Waals surface area contributed by atoms with Gasteiger partial charge in [-0.05, 0) is 13.0 Å². The molecule has 0 bridgehead atoms. The highest BCUT2D eigenvalue weighted by Gasteiger charge is 2.26. The van der Waals surface area contributed by atoms with Crippen LogP contribution in [-0.4, -0.2) is 64.4 Å². The van der Waals surface area contributed by atoms with Gasteiger partial charge in [0.1, 0.15) is 12.1 Å². The van der Waals surface area contributed by atoms with Crippen LogP contribution in [0.4, 0.5) is 0 Å². The van der Waals surface area contributed by atoms with Crippen molar-refractivity contribution in [2.24, 2.45) is 5.73 Å². The van der Waals surface area contributed by atoms with Gasteiger partial charge in [0.15, 0.2) is 0 Å². The molecule has 27 heavy (non-hydrogen) atoms. The van der Waals surface area contributed by atoms with E-state index in [4.69, 9.17) is 5.73 Å². The van der Waals surface area contributed by atoms with Gasteiger partial charge in [-0.25, -0.2) is 9.78 Å². The highest BCUT2D eigenvalue weighted by Crippen LogP contribution is 2.12. The first-order valence-electron chi connectivity index (χ1n) is 8.35. The number of aromatic nitrogens is 2. The third-order valence-corrected chi connectivity index (χ3v) is 4.53. The van der Waals surface area contributed by atoms with Gasteiger partial charge in [0.05, 0.1) is 13.4 Å². The summed E-state index contributed by atoms with van der Waals surface area (Å²) in [6, 6.07) is -1.77. The van der Waals surface area contributed by atoms with Crippen molar-refractivity contribution in [3.8, 4) is 0 Å². The lowest BCUT2D eigenvalue weighted by Crippen LogP contribution is -2.44. The van der Waals surface area contributed by atoms with E-state index in [1.54, 1.807) is 6.20 Å². The fourth-order valence-corrected chi connectivity index (χ4v) is 3.05. The van der Waals surface area contributed by atoms with Gasteiger partial charge in [-0.2, -0.15) is 0 Å². The van der Waals surface area contributed by atoms with Gasteiger partial charge in [-0.15, -0.1) is 0 Å². The lowest BCUT2D eigenvalue weighted by atomic mass is 10.1. The molecule has 2 amide bonds. The number of carbonyl (C=O) groups excluding carboxylic acids is 4. The molecule has 150 valence electrons. The van der Waals surface area contributed by atoms with Crippen molar-refractivity contribution < 1.29 is 23.9 Å². The number of amides is 2. The fraction of sp³-hybridized carbons (Fsp3) is 0.562. The molecule has 0 radical (unpaired) electrons. The molecule has 2 unspecified atom stereocenters. The second-order valence-corrected chi connectivity index (χ2v) is 6.72. The number of carbonyl (C=O) groups is 4. The minimum Gasteiger partial charge on any atom is -0.467 e. The van der Waals surface area contributed by atoms with Crippen LogP contribution < -0.4 is 16.4 Å². The van der Waals surface area contributed by atoms with Crippen LogP contribution in [0.25, 0.3) is 0 Å². The summed E-state index contributed by atoms with van der Waals surface area (Å²) in [6.07, 6.45) is 3.99. The van der Waals surface area contributed by atoms with Crippen molar-refractivity contribution in [3.05, 3.63) is 18.2 Å². The van der Waals surface area contributed by atoms with Crippen molar-refractivity contribution in [2.45, 2.75) is 38.3 Å². The normalized spacial score (nSPS) is 12.7. The van der Waals surface area contributed by atoms with Crippen LogP contribution >= 0.6 is 11.8 Å². The SMILES string of the molecule is COC(=O)C(CSC(=O)C(Cc1cnc[nH]1)NC(=O)CCCN)NC(C)=O. The number of thioether (sulfide) groups is 1. The Hall–Kier alpha value is -2.40. The molecule has 1 heterocycles. The third-order valence-electron chi connectivity index (χ3n) is 3.46. The van der Waals surface area contributed by atoms with Crippen LogP contribution in [0.2, 0.25) is 0 Å². The predicted octanol–water partition coefficient (Wildman–Crippen LogP) is -0.887. The van der Waals surface area contributed by atoms with Crippen LogP contribution in [0.15, 0.2) is 12.5 Å². The largest absolute Gasteiger partial charge is 0.467 e. The molecule has 0 aromatic carbocycles. The Morgan fingerprint density at radius 1 is 1.30 bits per heavy atom. The zero-order valence-corrected chi connectivity index (χ0v) is 16.1. The van der Waals surface area contributed by atoms with Gasteiger partial charge in [0.25, 0.3) is 0 Å². The van der Waals surface area contributed by atoms with E-state index in [1.807, 2.05) is 0 Å². The number of rotatable bonds is 11. The van der Waals surface area contributed by atoms with Crippen LogP contribution in [0.3, 0.4) is 0 Å². The summed E-state index contributed by atoms with van der Waals surface area (Å²) in [5.41, 5.74) is 6.08. The van der Waals surface area contributed by atoms with Gasteiger partial charge in [-0.1, -0.05) is 11.8 Å². The molecule has 2 atom stereocenters. The Kier molecular flexibility index (Phi) is 10.1. The maximum Gasteiger partial charge on any atom is 0.329 e. The monoisotopic (exact) mass is 399 g/mol. The molecule has 10 nitrogen and oxygen atoms in total. The first-order chi connectivity index (χ1) is 12.9. The molecule has 0 aliphatic carbocycles. The Morgan fingerprint density at radius 2 is 2.04 bits per heavy atom. The highest BCUT2D eigenvalue weighted by molar-refractivity contribution is 8.13. The van der Waals surface area contributed by atoms with Crippen LogP contribution in [0.1, 0.15) is 25.5 Å². The average Bonchev–Trinajstić information content (AvgIpc) is 3.14. The molecule has 1 aromatic heterocycles. The van der Waals surface area contributed by atoms with Gasteiger partial charge >= 0.3 is 5.97 Å². The summed E-state index contributed by atoms with van der Waals surface area (Å²) in [5, 5.41) is 4.77. The number of nitrogens with one attached hydrogen (secondary N) is 3. The Bertz CT molecular complexity index is 637. The number of methoxy groups -OCH3 is 1. The van der Waals surface area contributed by atoms with Crippen LogP contribution in [-0.2, 0) is 30.3 Å². The topological polar surface area (TPSA) is 156 Å². The van der Waals surface area contributed by atoms with E-state index >= 15 is 0 Å². The molecule has 0 spiro atoms. The van der Waals surface area contributed by atoms with E-state index in [0.717, 1.165) is 11.8 Å². The van der Waals surface area contributed by atoms with Crippen molar-refractivity contribution in [3.63, 3.8) is 0 Å². The van der Waals surface area contributed by atoms with E-state index in [9.17, 15) is 19.2 Å². The van der Waals surface area contributed by atoms with Crippen molar-refractivity contribution in [2.75, 3.05) is 19.4 Å². The predicted molar refractivity (Wildman–Crippen MR) is 99.6 cm³/mol. The molecule has 0 aliphatic rings. The van der Waals surface area contributed by atoms with Crippen LogP contribution in [0.5, 0.6) is 0 Å². The minimum atomic E-state index is -0.956. The third kappa shape index (κ3) is 8.69. The molecular formula is C16H25N5O5S. The van der Waals surface area contributed by atoms with Gasteiger partial charge in [0.2, 0.25) is 16.9 Å². The molecular weight excluding hydrogens is 374 g/mol. The number of nitrogens with two attached hydrogens (primary N) is 1. The van der Waals surface area contributed by atoms with Crippen molar-refractivity contribution >= 4 is 34.7 Å². The highest BCUT2D eigenvalue weighted by atomic mass is 32.2. The number of aromatic amines is 1. The van der Waals surface area contributed by atoms with Gasteiger partial charge in [0, 0.05) is 37.4 Å². The number of imidazole rings is 1. The minimum absolute atomic E-state index is 0.0107. The molecule has 0 aliphatic heterocycles. The summed E-state index contributed by atoms with van der Waals surface area (Å²) in [4.78, 5) is 54.3. The van der Waals surface area contributed by atoms with Gasteiger partial charge < -0.3 is 26.1 Å². The second-order valence-electron chi connectivity index (χ2n) is 5.70. The molecule has 1 aromatic rings. The van der Waals surface area contributed by atoms with Crippen molar-refractivity contribution in [1.82, 2.24) is 20.6 Å². The summed E-state index contributed by atoms with van der Waals surface area (Å²) >= 11 is 0.838. The fourth-order valence-electron chi connectivity index (χ4n) is 2.16. The Morgan fingerprint density at radius 3 is 2.59 bits per heavy atom. The van der Waals surface area contributed by atoms with E-state index in [-0.39, 0.29) is 29.6 Å². The molecule has 11 heteroatoms. The first kappa shape index (κ1) is 22.6. The quantitative estimate of drug-likeness (QED) is 0.349. The lowest BCUT2D eigenvalue weighted by Gasteiger charge is -2.19. The molecule has 0 fully saturated rings. The number of H-pyrrole nitrogens is 1. The lowest BCUT2D eigenvalue weighted by molar-refractivity contribution is -0.144. The molecule has 0 saturated carbocycles. The van der Waals surface area contributed by atoms with Crippen LogP contribution in [0, 0.1) is 0 Å². The summed E-state index contributed by atoms with van der Waals surface area (Å²) in [5.74, 6) is -1.36. The summed E-state index contributed by atoms with van der Waals surface area (Å²) in [6.45, 7) is 1.64. The zero-order chi connectivity index (χ0) is 20.2. The number of ether oxygens (including phenoxy) is 1. The Balaban J connectivity index is 2.74. The number of esters is 1. The van der Waals surface area contributed by atoms with Gasteiger partial charge in [-0.3, -0.25) is 14.4 Å². The first-order valence-corrected chi connectivity index (χ1v) is 9.34.